The van der Waals surface area contributed by atoms with Crippen molar-refractivity contribution < 1.29 is 9.47 Å². The molecule has 88 valence electrons. The summed E-state index contributed by atoms with van der Waals surface area (Å²) >= 11 is 5.81. The van der Waals surface area contributed by atoms with E-state index in [-0.39, 0.29) is 0 Å². The van der Waals surface area contributed by atoms with Gasteiger partial charge in [0.1, 0.15) is 0 Å². The Balaban J connectivity index is 3.85. The highest BCUT2D eigenvalue weighted by atomic mass is 35.5. The largest absolute Gasteiger partial charge is 0.381 e. The molecular formula is C12H21ClO2. The Morgan fingerprint density at radius 3 is 2.47 bits per heavy atom. The summed E-state index contributed by atoms with van der Waals surface area (Å²) in [7, 11) is 3.39. The molecule has 3 heteroatoms. The van der Waals surface area contributed by atoms with Crippen molar-refractivity contribution in [3.05, 3.63) is 23.3 Å². The summed E-state index contributed by atoms with van der Waals surface area (Å²) in [6.45, 7) is 3.42. The maximum Gasteiger partial charge on any atom is 0.0670 e. The van der Waals surface area contributed by atoms with E-state index in [9.17, 15) is 0 Å². The number of halogens is 1. The summed E-state index contributed by atoms with van der Waals surface area (Å²) in [5.41, 5.74) is 2.50. The van der Waals surface area contributed by atoms with E-state index in [1.165, 1.54) is 11.1 Å². The molecule has 0 spiro atoms. The fourth-order valence-electron chi connectivity index (χ4n) is 1.22. The van der Waals surface area contributed by atoms with Gasteiger partial charge in [-0.05, 0) is 19.8 Å². The van der Waals surface area contributed by atoms with Gasteiger partial charge in [-0.1, -0.05) is 23.3 Å². The molecule has 0 saturated heterocycles. The normalized spacial score (nSPS) is 13.3. The predicted molar refractivity (Wildman–Crippen MR) is 65.5 cm³/mol. The Bertz CT molecular complexity index is 210. The molecule has 2 nitrogen and oxygen atoms in total. The van der Waals surface area contributed by atoms with Crippen molar-refractivity contribution in [1.82, 2.24) is 0 Å². The topological polar surface area (TPSA) is 18.5 Å². The van der Waals surface area contributed by atoms with Gasteiger partial charge in [-0.25, -0.2) is 0 Å². The molecule has 0 fully saturated rings. The first-order valence-corrected chi connectivity index (χ1v) is 5.65. The summed E-state index contributed by atoms with van der Waals surface area (Å²) in [6.07, 6.45) is 6.24. The Morgan fingerprint density at radius 2 is 1.93 bits per heavy atom. The van der Waals surface area contributed by atoms with Crippen LogP contribution in [0.1, 0.15) is 19.8 Å². The summed E-state index contributed by atoms with van der Waals surface area (Å²) in [5, 5.41) is 0. The second-order valence-electron chi connectivity index (χ2n) is 3.47. The zero-order valence-electron chi connectivity index (χ0n) is 9.88. The highest BCUT2D eigenvalue weighted by molar-refractivity contribution is 6.19. The molecule has 0 radical (unpaired) electrons. The van der Waals surface area contributed by atoms with Crippen molar-refractivity contribution in [2.24, 2.45) is 0 Å². The third-order valence-electron chi connectivity index (χ3n) is 2.04. The number of alkyl halides is 1. The number of hydrogen-bond donors (Lipinski definition) is 0. The lowest BCUT2D eigenvalue weighted by atomic mass is 10.1. The van der Waals surface area contributed by atoms with Crippen LogP contribution in [0.4, 0.5) is 0 Å². The van der Waals surface area contributed by atoms with Gasteiger partial charge in [0.25, 0.3) is 0 Å². The first-order valence-electron chi connectivity index (χ1n) is 5.12. The van der Waals surface area contributed by atoms with Gasteiger partial charge in [-0.3, -0.25) is 0 Å². The highest BCUT2D eigenvalue weighted by Gasteiger charge is 1.95. The van der Waals surface area contributed by atoms with E-state index in [4.69, 9.17) is 21.1 Å². The molecule has 0 aliphatic rings. The number of ether oxygens (including phenoxy) is 2. The van der Waals surface area contributed by atoms with Crippen molar-refractivity contribution in [3.63, 3.8) is 0 Å². The van der Waals surface area contributed by atoms with Gasteiger partial charge in [0.05, 0.1) is 13.2 Å². The monoisotopic (exact) mass is 232 g/mol. The Kier molecular flexibility index (Phi) is 10.0. The van der Waals surface area contributed by atoms with Crippen LogP contribution in [-0.4, -0.2) is 33.3 Å². The van der Waals surface area contributed by atoms with Gasteiger partial charge in [-0.2, -0.15) is 0 Å². The van der Waals surface area contributed by atoms with Crippen LogP contribution in [0, 0.1) is 0 Å². The molecule has 15 heavy (non-hydrogen) atoms. The van der Waals surface area contributed by atoms with Gasteiger partial charge in [0, 0.05) is 20.1 Å². The lowest BCUT2D eigenvalue weighted by Crippen LogP contribution is -1.92. The predicted octanol–water partition coefficient (Wildman–Crippen LogP) is 3.17. The molecule has 0 aromatic rings. The van der Waals surface area contributed by atoms with E-state index >= 15 is 0 Å². The summed E-state index contributed by atoms with van der Waals surface area (Å²) in [4.78, 5) is 0. The molecule has 0 aliphatic heterocycles. The fourth-order valence-corrected chi connectivity index (χ4v) is 1.46. The smallest absolute Gasteiger partial charge is 0.0670 e. The fraction of sp³-hybridized carbons (Fsp3) is 0.667. The van der Waals surface area contributed by atoms with Gasteiger partial charge in [0.15, 0.2) is 0 Å². The Morgan fingerprint density at radius 1 is 1.20 bits per heavy atom. The molecule has 0 aliphatic carbocycles. The molecule has 0 bridgehead atoms. The molecule has 0 aromatic heterocycles. The van der Waals surface area contributed by atoms with Crippen molar-refractivity contribution in [3.8, 4) is 0 Å². The van der Waals surface area contributed by atoms with Crippen molar-refractivity contribution in [2.45, 2.75) is 19.8 Å². The molecule has 0 rings (SSSR count). The molecule has 0 amide bonds. The van der Waals surface area contributed by atoms with Crippen LogP contribution < -0.4 is 0 Å². The minimum atomic E-state index is 0.584. The van der Waals surface area contributed by atoms with E-state index < -0.39 is 0 Å². The quantitative estimate of drug-likeness (QED) is 0.473. The molecule has 0 saturated carbocycles. The molecule has 0 heterocycles. The number of hydrogen-bond acceptors (Lipinski definition) is 2. The van der Waals surface area contributed by atoms with E-state index in [1.807, 2.05) is 6.08 Å². The maximum atomic E-state index is 5.81. The first kappa shape index (κ1) is 14.7. The third-order valence-corrected chi connectivity index (χ3v) is 2.38. The first-order chi connectivity index (χ1) is 7.24. The molecule has 0 N–H and O–H groups in total. The lowest BCUT2D eigenvalue weighted by molar-refractivity contribution is 0.225. The zero-order chi connectivity index (χ0) is 11.5. The summed E-state index contributed by atoms with van der Waals surface area (Å²) < 4.78 is 9.99. The standard InChI is InChI=1S/C12H21ClO2/c1-11(10-15-3)5-4-6-12(9-13)7-8-14-2/h5,7H,4,6,8-10H2,1-3H3. The summed E-state index contributed by atoms with van der Waals surface area (Å²) in [6, 6.07) is 0. The SMILES string of the molecule is COCC=C(CCl)CCC=C(C)COC. The highest BCUT2D eigenvalue weighted by Crippen LogP contribution is 2.09. The van der Waals surface area contributed by atoms with Gasteiger partial charge < -0.3 is 9.47 Å². The van der Waals surface area contributed by atoms with Gasteiger partial charge in [-0.15, -0.1) is 11.6 Å². The second-order valence-corrected chi connectivity index (χ2v) is 3.74. The van der Waals surface area contributed by atoms with Crippen LogP contribution in [0.5, 0.6) is 0 Å². The van der Waals surface area contributed by atoms with Crippen molar-refractivity contribution >= 4 is 11.6 Å². The third kappa shape index (κ3) is 8.67. The average molecular weight is 233 g/mol. The van der Waals surface area contributed by atoms with Crippen LogP contribution in [0.3, 0.4) is 0 Å². The van der Waals surface area contributed by atoms with Crippen molar-refractivity contribution in [1.29, 1.82) is 0 Å². The van der Waals surface area contributed by atoms with Gasteiger partial charge in [0.2, 0.25) is 0 Å². The zero-order valence-corrected chi connectivity index (χ0v) is 10.6. The Hall–Kier alpha value is -0.310. The minimum Gasteiger partial charge on any atom is -0.381 e. The second kappa shape index (κ2) is 10.2. The number of methoxy groups -OCH3 is 2. The minimum absolute atomic E-state index is 0.584. The molecule has 0 unspecified atom stereocenters. The number of rotatable bonds is 8. The van der Waals surface area contributed by atoms with E-state index in [2.05, 4.69) is 13.0 Å². The van der Waals surface area contributed by atoms with Crippen LogP contribution in [-0.2, 0) is 9.47 Å². The van der Waals surface area contributed by atoms with Crippen LogP contribution in [0.15, 0.2) is 23.3 Å². The lowest BCUT2D eigenvalue weighted by Gasteiger charge is -2.02. The van der Waals surface area contributed by atoms with Crippen LogP contribution in [0.25, 0.3) is 0 Å². The van der Waals surface area contributed by atoms with Crippen LogP contribution in [0.2, 0.25) is 0 Å². The molecular weight excluding hydrogens is 212 g/mol. The van der Waals surface area contributed by atoms with Crippen LogP contribution >= 0.6 is 11.6 Å². The van der Waals surface area contributed by atoms with E-state index in [0.717, 1.165) is 12.8 Å². The van der Waals surface area contributed by atoms with E-state index in [1.54, 1.807) is 14.2 Å². The molecule has 0 aromatic carbocycles. The Labute approximate surface area is 97.9 Å². The maximum absolute atomic E-state index is 5.81. The number of allylic oxidation sites excluding steroid dienone is 2. The van der Waals surface area contributed by atoms with E-state index in [0.29, 0.717) is 19.1 Å². The molecule has 0 atom stereocenters. The van der Waals surface area contributed by atoms with Gasteiger partial charge >= 0.3 is 0 Å². The summed E-state index contributed by atoms with van der Waals surface area (Å²) in [5.74, 6) is 0.584. The average Bonchev–Trinajstić information content (AvgIpc) is 2.23. The van der Waals surface area contributed by atoms with Crippen molar-refractivity contribution in [2.75, 3.05) is 33.3 Å².